The number of unbranched alkanes of at least 4 members (excludes halogenated alkanes) is 9. The second-order valence-corrected chi connectivity index (χ2v) is 6.97. The van der Waals surface area contributed by atoms with E-state index in [1.807, 2.05) is 18.2 Å². The maximum Gasteiger partial charge on any atom is 1.00 e. The SMILES string of the molecule is CCCCCCCCCCCCc1ccccc1O.O=P([O-])([O-])O.[Na+].[Na+]. The van der Waals surface area contributed by atoms with Gasteiger partial charge in [0.15, 0.2) is 0 Å². The van der Waals surface area contributed by atoms with E-state index in [-0.39, 0.29) is 59.1 Å². The largest absolute Gasteiger partial charge is 1.00 e. The summed E-state index contributed by atoms with van der Waals surface area (Å²) in [7, 11) is -5.14. The second-order valence-electron chi connectivity index (χ2n) is 6.03. The summed E-state index contributed by atoms with van der Waals surface area (Å²) < 4.78 is 8.66. The van der Waals surface area contributed by atoms with Crippen molar-refractivity contribution in [2.24, 2.45) is 0 Å². The quantitative estimate of drug-likeness (QED) is 0.245. The molecule has 0 aliphatic carbocycles. The van der Waals surface area contributed by atoms with Crippen molar-refractivity contribution in [2.75, 3.05) is 0 Å². The van der Waals surface area contributed by atoms with Crippen molar-refractivity contribution >= 4 is 7.82 Å². The van der Waals surface area contributed by atoms with Crippen molar-refractivity contribution < 1.29 is 83.5 Å². The van der Waals surface area contributed by atoms with Crippen LogP contribution in [0.15, 0.2) is 24.3 Å². The van der Waals surface area contributed by atoms with E-state index in [2.05, 4.69) is 6.92 Å². The predicted octanol–water partition coefficient (Wildman–Crippen LogP) is -2.33. The average molecular weight is 404 g/mol. The number of aryl methyl sites for hydroxylation is 1. The van der Waals surface area contributed by atoms with Crippen molar-refractivity contribution in [2.45, 2.75) is 77.6 Å². The first-order chi connectivity index (χ1) is 11.3. The number of rotatable bonds is 11. The molecule has 0 radical (unpaired) electrons. The molecule has 1 aromatic rings. The fourth-order valence-electron chi connectivity index (χ4n) is 2.53. The molecule has 0 bridgehead atoms. The third-order valence-electron chi connectivity index (χ3n) is 3.79. The number of phosphoric acid groups is 1. The molecule has 0 amide bonds. The average Bonchev–Trinajstić information content (AvgIpc) is 2.49. The van der Waals surface area contributed by atoms with E-state index in [1.165, 1.54) is 64.2 Å². The zero-order valence-corrected chi connectivity index (χ0v) is 21.5. The number of para-hydroxylation sites is 1. The van der Waals surface area contributed by atoms with Gasteiger partial charge in [-0.2, -0.15) is 0 Å². The van der Waals surface area contributed by atoms with E-state index in [4.69, 9.17) is 19.2 Å². The molecule has 1 rings (SSSR count). The standard InChI is InChI=1S/C18H30O.2Na.H3O4P/c1-2-3-4-5-6-7-8-9-10-11-14-17-15-12-13-16-18(17)19;;;1-5(2,3)4/h12-13,15-16,19H,2-11,14H2,1H3;;;(H3,1,2,3,4)/q;2*+1;/p-2. The van der Waals surface area contributed by atoms with Gasteiger partial charge in [0, 0.05) is 0 Å². The molecule has 0 saturated carbocycles. The first-order valence-electron chi connectivity index (χ1n) is 8.86. The number of benzene rings is 1. The molecule has 1 aromatic carbocycles. The smallest absolute Gasteiger partial charge is 0.790 e. The normalized spacial score (nSPS) is 10.2. The van der Waals surface area contributed by atoms with Crippen molar-refractivity contribution in [3.05, 3.63) is 29.8 Å². The van der Waals surface area contributed by atoms with Crippen molar-refractivity contribution in [1.82, 2.24) is 0 Å². The Bertz CT molecular complexity index is 460. The number of phenolic OH excluding ortho intramolecular Hbond substituents is 1. The molecule has 0 saturated heterocycles. The van der Waals surface area contributed by atoms with E-state index in [0.29, 0.717) is 5.75 Å². The third kappa shape index (κ3) is 25.1. The minimum Gasteiger partial charge on any atom is -0.790 e. The molecule has 0 fully saturated rings. The van der Waals surface area contributed by atoms with Gasteiger partial charge in [-0.05, 0) is 24.5 Å². The van der Waals surface area contributed by atoms with Crippen LogP contribution in [0.5, 0.6) is 5.75 Å². The monoisotopic (exact) mass is 404 g/mol. The number of hydrogen-bond acceptors (Lipinski definition) is 4. The van der Waals surface area contributed by atoms with E-state index in [0.717, 1.165) is 12.0 Å². The molecule has 0 spiro atoms. The van der Waals surface area contributed by atoms with Crippen LogP contribution < -0.4 is 68.9 Å². The van der Waals surface area contributed by atoms with Gasteiger partial charge in [0.05, 0.1) is 7.82 Å². The van der Waals surface area contributed by atoms with Gasteiger partial charge in [0.2, 0.25) is 0 Å². The fraction of sp³-hybridized carbons (Fsp3) is 0.667. The topological polar surface area (TPSA) is 104 Å². The van der Waals surface area contributed by atoms with Crippen LogP contribution in [0.25, 0.3) is 0 Å². The van der Waals surface area contributed by atoms with Gasteiger partial charge in [0.25, 0.3) is 0 Å². The van der Waals surface area contributed by atoms with Gasteiger partial charge < -0.3 is 24.4 Å². The molecule has 26 heavy (non-hydrogen) atoms. The Morgan fingerprint density at radius 3 is 1.65 bits per heavy atom. The van der Waals surface area contributed by atoms with Crippen molar-refractivity contribution in [3.8, 4) is 5.75 Å². The van der Waals surface area contributed by atoms with E-state index in [1.54, 1.807) is 6.07 Å². The third-order valence-corrected chi connectivity index (χ3v) is 3.79. The molecule has 0 aromatic heterocycles. The summed E-state index contributed by atoms with van der Waals surface area (Å²) in [6, 6.07) is 7.71. The van der Waals surface area contributed by atoms with E-state index in [9.17, 15) is 5.11 Å². The first kappa shape index (κ1) is 31.8. The van der Waals surface area contributed by atoms with Crippen molar-refractivity contribution in [3.63, 3.8) is 0 Å². The van der Waals surface area contributed by atoms with Gasteiger partial charge in [0.1, 0.15) is 5.75 Å². The van der Waals surface area contributed by atoms with Crippen LogP contribution in [-0.2, 0) is 11.0 Å². The fourth-order valence-corrected chi connectivity index (χ4v) is 2.53. The molecule has 8 heteroatoms. The molecular formula is C18H31Na2O5P. The summed E-state index contributed by atoms with van der Waals surface area (Å²) in [5.41, 5.74) is 1.10. The minimum atomic E-state index is -5.14. The molecule has 0 unspecified atom stereocenters. The molecule has 2 N–H and O–H groups in total. The van der Waals surface area contributed by atoms with Crippen LogP contribution in [0, 0.1) is 0 Å². The Morgan fingerprint density at radius 2 is 1.23 bits per heavy atom. The summed E-state index contributed by atoms with van der Waals surface area (Å²) in [5.74, 6) is 0.457. The predicted molar refractivity (Wildman–Crippen MR) is 93.5 cm³/mol. The van der Waals surface area contributed by atoms with Crippen LogP contribution in [0.1, 0.15) is 76.7 Å². The number of aromatic hydroxyl groups is 1. The van der Waals surface area contributed by atoms with Crippen LogP contribution in [0.2, 0.25) is 0 Å². The Hall–Kier alpha value is 1.13. The summed E-state index contributed by atoms with van der Waals surface area (Å²) in [4.78, 5) is 24.3. The van der Waals surface area contributed by atoms with Crippen LogP contribution in [0.3, 0.4) is 0 Å². The summed E-state index contributed by atoms with van der Waals surface area (Å²) in [6.07, 6.45) is 14.6. The van der Waals surface area contributed by atoms with Gasteiger partial charge in [-0.15, -0.1) is 0 Å². The molecular weight excluding hydrogens is 373 g/mol. The Labute approximate surface area is 202 Å². The Morgan fingerprint density at radius 1 is 0.846 bits per heavy atom. The molecule has 0 aliphatic heterocycles. The first-order valence-corrected chi connectivity index (χ1v) is 10.4. The number of phenols is 1. The zero-order chi connectivity index (χ0) is 18.3. The van der Waals surface area contributed by atoms with Gasteiger partial charge in [-0.25, -0.2) is 0 Å². The maximum absolute atomic E-state index is 9.65. The minimum absolute atomic E-state index is 0. The van der Waals surface area contributed by atoms with E-state index < -0.39 is 7.82 Å². The second kappa shape index (κ2) is 20.9. The molecule has 0 aliphatic rings. The van der Waals surface area contributed by atoms with Gasteiger partial charge >= 0.3 is 59.1 Å². The summed E-state index contributed by atoms with van der Waals surface area (Å²) in [6.45, 7) is 2.27. The summed E-state index contributed by atoms with van der Waals surface area (Å²) in [5, 5.41) is 9.65. The van der Waals surface area contributed by atoms with Crippen LogP contribution in [-0.4, -0.2) is 10.00 Å². The van der Waals surface area contributed by atoms with Crippen LogP contribution in [0.4, 0.5) is 0 Å². The Balaban J connectivity index is -0.000000668. The molecule has 0 atom stereocenters. The molecule has 0 heterocycles. The van der Waals surface area contributed by atoms with Gasteiger partial charge in [-0.1, -0.05) is 82.9 Å². The summed E-state index contributed by atoms with van der Waals surface area (Å²) >= 11 is 0. The van der Waals surface area contributed by atoms with E-state index >= 15 is 0 Å². The molecule has 5 nitrogen and oxygen atoms in total. The zero-order valence-electron chi connectivity index (χ0n) is 16.7. The van der Waals surface area contributed by atoms with Crippen molar-refractivity contribution in [1.29, 1.82) is 0 Å². The number of hydrogen-bond donors (Lipinski definition) is 2. The Kier molecular flexibility index (Phi) is 25.5. The maximum atomic E-state index is 9.65. The van der Waals surface area contributed by atoms with Crippen LogP contribution >= 0.6 is 7.82 Å². The molecule has 140 valence electrons. The van der Waals surface area contributed by atoms with Gasteiger partial charge in [-0.3, -0.25) is 0 Å².